The van der Waals surface area contributed by atoms with Crippen LogP contribution in [0, 0.1) is 0 Å². The van der Waals surface area contributed by atoms with E-state index in [-0.39, 0.29) is 0 Å². The highest BCUT2D eigenvalue weighted by Gasteiger charge is 2.13. The third kappa shape index (κ3) is 2.41. The highest BCUT2D eigenvalue weighted by molar-refractivity contribution is 9.10. The van der Waals surface area contributed by atoms with E-state index in [0.717, 1.165) is 27.2 Å². The quantitative estimate of drug-likeness (QED) is 0.731. The Labute approximate surface area is 132 Å². The lowest BCUT2D eigenvalue weighted by Gasteiger charge is -2.10. The lowest BCUT2D eigenvalue weighted by atomic mass is 10.2. The SMILES string of the molecule is CNc1ncc(Br)c(Nc2c(Cl)ccc3nsnc23)n1. The van der Waals surface area contributed by atoms with Crippen molar-refractivity contribution in [2.75, 3.05) is 17.7 Å². The van der Waals surface area contributed by atoms with Crippen molar-refractivity contribution >= 4 is 67.7 Å². The van der Waals surface area contributed by atoms with Gasteiger partial charge in [-0.3, -0.25) is 0 Å². The zero-order valence-electron chi connectivity index (χ0n) is 10.2. The molecule has 0 spiro atoms. The molecule has 0 saturated heterocycles. The molecule has 0 aliphatic carbocycles. The lowest BCUT2D eigenvalue weighted by molar-refractivity contribution is 1.14. The summed E-state index contributed by atoms with van der Waals surface area (Å²) in [5, 5.41) is 6.62. The van der Waals surface area contributed by atoms with Crippen molar-refractivity contribution < 1.29 is 0 Å². The Morgan fingerprint density at radius 3 is 2.95 bits per heavy atom. The monoisotopic (exact) mass is 370 g/mol. The molecule has 0 atom stereocenters. The first-order valence-electron chi connectivity index (χ1n) is 5.57. The van der Waals surface area contributed by atoms with E-state index in [1.165, 1.54) is 0 Å². The molecule has 2 aromatic heterocycles. The molecule has 0 fully saturated rings. The zero-order chi connectivity index (χ0) is 14.1. The minimum atomic E-state index is 0.510. The molecule has 6 nitrogen and oxygen atoms in total. The smallest absolute Gasteiger partial charge is 0.224 e. The Morgan fingerprint density at radius 2 is 2.15 bits per heavy atom. The topological polar surface area (TPSA) is 75.6 Å². The van der Waals surface area contributed by atoms with Gasteiger partial charge in [0, 0.05) is 13.2 Å². The van der Waals surface area contributed by atoms with E-state index in [0.29, 0.717) is 22.5 Å². The van der Waals surface area contributed by atoms with E-state index in [9.17, 15) is 0 Å². The Bertz CT molecular complexity index is 777. The van der Waals surface area contributed by atoms with Crippen molar-refractivity contribution in [1.82, 2.24) is 18.7 Å². The fourth-order valence-electron chi connectivity index (χ4n) is 1.64. The largest absolute Gasteiger partial charge is 0.357 e. The second-order valence-electron chi connectivity index (χ2n) is 3.82. The standard InChI is InChI=1S/C11H8BrClN6S/c1-14-11-15-4-5(12)10(17-11)16-8-6(13)2-3-7-9(8)19-20-18-7/h2-4H,1H3,(H2,14,15,16,17). The Balaban J connectivity index is 2.09. The summed E-state index contributed by atoms with van der Waals surface area (Å²) >= 11 is 10.8. The number of hydrogen-bond acceptors (Lipinski definition) is 7. The summed E-state index contributed by atoms with van der Waals surface area (Å²) < 4.78 is 9.18. The van der Waals surface area contributed by atoms with Gasteiger partial charge in [0.15, 0.2) is 0 Å². The van der Waals surface area contributed by atoms with Crippen LogP contribution in [0.5, 0.6) is 0 Å². The molecule has 0 bridgehead atoms. The molecule has 0 amide bonds. The summed E-state index contributed by atoms with van der Waals surface area (Å²) in [6.45, 7) is 0. The van der Waals surface area contributed by atoms with Crippen LogP contribution in [0.3, 0.4) is 0 Å². The highest BCUT2D eigenvalue weighted by Crippen LogP contribution is 2.34. The molecule has 3 rings (SSSR count). The van der Waals surface area contributed by atoms with E-state index >= 15 is 0 Å². The predicted octanol–water partition coefficient (Wildman–Crippen LogP) is 3.68. The maximum Gasteiger partial charge on any atom is 0.224 e. The maximum absolute atomic E-state index is 6.24. The van der Waals surface area contributed by atoms with Gasteiger partial charge in [-0.25, -0.2) is 4.98 Å². The molecule has 0 aliphatic rings. The first-order valence-corrected chi connectivity index (χ1v) is 7.47. The zero-order valence-corrected chi connectivity index (χ0v) is 13.3. The third-order valence-electron chi connectivity index (χ3n) is 2.59. The molecule has 1 aromatic carbocycles. The van der Waals surface area contributed by atoms with E-state index in [2.05, 4.69) is 45.3 Å². The number of benzene rings is 1. The van der Waals surface area contributed by atoms with Crippen LogP contribution >= 0.6 is 39.3 Å². The molecule has 3 aromatic rings. The number of nitrogens with zero attached hydrogens (tertiary/aromatic N) is 4. The van der Waals surface area contributed by atoms with Gasteiger partial charge in [0.1, 0.15) is 16.9 Å². The minimum Gasteiger partial charge on any atom is -0.357 e. The molecular formula is C11H8BrClN6S. The van der Waals surface area contributed by atoms with Crippen molar-refractivity contribution in [1.29, 1.82) is 0 Å². The van der Waals surface area contributed by atoms with Gasteiger partial charge in [-0.2, -0.15) is 13.7 Å². The Hall–Kier alpha value is -1.51. The number of nitrogens with one attached hydrogen (secondary N) is 2. The third-order valence-corrected chi connectivity index (χ3v) is 4.03. The van der Waals surface area contributed by atoms with Gasteiger partial charge in [-0.05, 0) is 28.1 Å². The van der Waals surface area contributed by atoms with Crippen LogP contribution in [-0.2, 0) is 0 Å². The molecule has 20 heavy (non-hydrogen) atoms. The second kappa shape index (κ2) is 5.47. The van der Waals surface area contributed by atoms with Gasteiger partial charge in [-0.1, -0.05) is 11.6 Å². The van der Waals surface area contributed by atoms with Crippen LogP contribution in [-0.4, -0.2) is 25.8 Å². The minimum absolute atomic E-state index is 0.510. The van der Waals surface area contributed by atoms with Crippen molar-refractivity contribution in [3.8, 4) is 0 Å². The Morgan fingerprint density at radius 1 is 1.30 bits per heavy atom. The van der Waals surface area contributed by atoms with Gasteiger partial charge in [-0.15, -0.1) is 0 Å². The summed E-state index contributed by atoms with van der Waals surface area (Å²) in [5.74, 6) is 1.11. The number of aromatic nitrogens is 4. The molecule has 2 heterocycles. The van der Waals surface area contributed by atoms with Gasteiger partial charge in [0.05, 0.1) is 26.9 Å². The van der Waals surface area contributed by atoms with Gasteiger partial charge < -0.3 is 10.6 Å². The van der Waals surface area contributed by atoms with Crippen LogP contribution < -0.4 is 10.6 Å². The first kappa shape index (κ1) is 13.5. The van der Waals surface area contributed by atoms with Crippen LogP contribution in [0.2, 0.25) is 5.02 Å². The summed E-state index contributed by atoms with van der Waals surface area (Å²) in [4.78, 5) is 8.44. The number of halogens is 2. The molecule has 0 saturated carbocycles. The van der Waals surface area contributed by atoms with E-state index in [1.807, 2.05) is 6.07 Å². The molecule has 102 valence electrons. The van der Waals surface area contributed by atoms with Gasteiger partial charge in [0.2, 0.25) is 5.95 Å². The van der Waals surface area contributed by atoms with Gasteiger partial charge >= 0.3 is 0 Å². The Kier molecular flexibility index (Phi) is 3.68. The molecule has 0 unspecified atom stereocenters. The lowest BCUT2D eigenvalue weighted by Crippen LogP contribution is -2.02. The van der Waals surface area contributed by atoms with Crippen molar-refractivity contribution in [2.24, 2.45) is 0 Å². The van der Waals surface area contributed by atoms with Crippen molar-refractivity contribution in [2.45, 2.75) is 0 Å². The van der Waals surface area contributed by atoms with Crippen molar-refractivity contribution in [3.05, 3.63) is 27.8 Å². The number of fused-ring (bicyclic) bond motifs is 1. The summed E-state index contributed by atoms with van der Waals surface area (Å²) in [6, 6.07) is 3.61. The van der Waals surface area contributed by atoms with Crippen molar-refractivity contribution in [3.63, 3.8) is 0 Å². The molecular weight excluding hydrogens is 364 g/mol. The van der Waals surface area contributed by atoms with Crippen LogP contribution in [0.4, 0.5) is 17.5 Å². The summed E-state index contributed by atoms with van der Waals surface area (Å²) in [5.41, 5.74) is 2.19. The number of anilines is 3. The molecule has 9 heteroatoms. The predicted molar refractivity (Wildman–Crippen MR) is 85.0 cm³/mol. The molecule has 0 aliphatic heterocycles. The second-order valence-corrected chi connectivity index (χ2v) is 5.61. The number of hydrogen-bond donors (Lipinski definition) is 2. The fourth-order valence-corrected chi connectivity index (χ4v) is 2.67. The maximum atomic E-state index is 6.24. The summed E-state index contributed by atoms with van der Waals surface area (Å²) in [6.07, 6.45) is 1.66. The normalized spacial score (nSPS) is 10.8. The van der Waals surface area contributed by atoms with E-state index in [1.54, 1.807) is 19.3 Å². The first-order chi connectivity index (χ1) is 9.69. The van der Waals surface area contributed by atoms with Crippen LogP contribution in [0.25, 0.3) is 11.0 Å². The van der Waals surface area contributed by atoms with E-state index in [4.69, 9.17) is 11.6 Å². The fraction of sp³-hybridized carbons (Fsp3) is 0.0909. The average molecular weight is 372 g/mol. The number of rotatable bonds is 3. The van der Waals surface area contributed by atoms with Gasteiger partial charge in [0.25, 0.3) is 0 Å². The van der Waals surface area contributed by atoms with Crippen LogP contribution in [0.15, 0.2) is 22.8 Å². The van der Waals surface area contributed by atoms with Crippen LogP contribution in [0.1, 0.15) is 0 Å². The summed E-state index contributed by atoms with van der Waals surface area (Å²) in [7, 11) is 1.76. The molecule has 0 radical (unpaired) electrons. The van der Waals surface area contributed by atoms with E-state index < -0.39 is 0 Å². The molecule has 2 N–H and O–H groups in total. The highest BCUT2D eigenvalue weighted by atomic mass is 79.9. The average Bonchev–Trinajstić information content (AvgIpc) is 2.92.